The van der Waals surface area contributed by atoms with E-state index in [-0.39, 0.29) is 0 Å². The van der Waals surface area contributed by atoms with Crippen LogP contribution in [-0.4, -0.2) is 27.8 Å². The number of aryl methyl sites for hydroxylation is 2. The van der Waals surface area contributed by atoms with E-state index in [1.165, 1.54) is 25.1 Å². The second kappa shape index (κ2) is 4.99. The molecule has 0 amide bonds. The van der Waals surface area contributed by atoms with Crippen LogP contribution in [0.3, 0.4) is 0 Å². The zero-order valence-corrected chi connectivity index (χ0v) is 12.0. The SMILES string of the molecule is Cc1nn(C)c(Cl)c1CN1CCC(C)C(C)C1. The molecule has 2 atom stereocenters. The summed E-state index contributed by atoms with van der Waals surface area (Å²) in [7, 11) is 1.90. The zero-order chi connectivity index (χ0) is 12.6. The average Bonchev–Trinajstić information content (AvgIpc) is 2.50. The van der Waals surface area contributed by atoms with E-state index in [0.717, 1.165) is 29.2 Å². The van der Waals surface area contributed by atoms with Gasteiger partial charge in [-0.3, -0.25) is 9.58 Å². The molecule has 0 spiro atoms. The van der Waals surface area contributed by atoms with Crippen LogP contribution in [0.5, 0.6) is 0 Å². The molecule has 1 aliphatic rings. The Bertz CT molecular complexity index is 400. The molecule has 2 rings (SSSR count). The largest absolute Gasteiger partial charge is 0.299 e. The third kappa shape index (κ3) is 2.66. The van der Waals surface area contributed by atoms with Crippen LogP contribution in [0.4, 0.5) is 0 Å². The van der Waals surface area contributed by atoms with Crippen LogP contribution in [0.2, 0.25) is 5.15 Å². The van der Waals surface area contributed by atoms with Crippen molar-refractivity contribution in [2.24, 2.45) is 18.9 Å². The third-order valence-electron chi connectivity index (χ3n) is 4.07. The lowest BCUT2D eigenvalue weighted by molar-refractivity contribution is 0.132. The maximum absolute atomic E-state index is 6.27. The predicted molar refractivity (Wildman–Crippen MR) is 71.2 cm³/mol. The summed E-state index contributed by atoms with van der Waals surface area (Å²) in [6.07, 6.45) is 1.29. The Morgan fingerprint density at radius 2 is 2.06 bits per heavy atom. The molecular formula is C13H22ClN3. The van der Waals surface area contributed by atoms with Gasteiger partial charge in [0.2, 0.25) is 0 Å². The summed E-state index contributed by atoms with van der Waals surface area (Å²) in [5.41, 5.74) is 2.25. The van der Waals surface area contributed by atoms with E-state index in [1.54, 1.807) is 4.68 Å². The topological polar surface area (TPSA) is 21.1 Å². The van der Waals surface area contributed by atoms with Crippen molar-refractivity contribution in [1.82, 2.24) is 14.7 Å². The molecule has 0 aromatic carbocycles. The molecule has 1 saturated heterocycles. The number of aromatic nitrogens is 2. The third-order valence-corrected chi connectivity index (χ3v) is 4.54. The minimum atomic E-state index is 0.777. The molecule has 2 unspecified atom stereocenters. The van der Waals surface area contributed by atoms with Gasteiger partial charge in [-0.2, -0.15) is 5.10 Å². The van der Waals surface area contributed by atoms with Crippen LogP contribution < -0.4 is 0 Å². The Kier molecular flexibility index (Phi) is 3.79. The first kappa shape index (κ1) is 12.9. The molecule has 17 heavy (non-hydrogen) atoms. The van der Waals surface area contributed by atoms with Crippen molar-refractivity contribution in [3.8, 4) is 0 Å². The van der Waals surface area contributed by atoms with Gasteiger partial charge in [0, 0.05) is 25.7 Å². The minimum Gasteiger partial charge on any atom is -0.299 e. The highest BCUT2D eigenvalue weighted by Gasteiger charge is 2.24. The standard InChI is InChI=1S/C13H22ClN3/c1-9-5-6-17(7-10(9)2)8-12-11(3)15-16(4)13(12)14/h9-10H,5-8H2,1-4H3. The maximum atomic E-state index is 6.27. The van der Waals surface area contributed by atoms with Crippen LogP contribution in [-0.2, 0) is 13.6 Å². The Morgan fingerprint density at radius 3 is 2.59 bits per heavy atom. The van der Waals surface area contributed by atoms with E-state index in [1.807, 2.05) is 14.0 Å². The Morgan fingerprint density at radius 1 is 1.35 bits per heavy atom. The van der Waals surface area contributed by atoms with Crippen LogP contribution in [0.1, 0.15) is 31.5 Å². The molecule has 0 radical (unpaired) electrons. The predicted octanol–water partition coefficient (Wildman–Crippen LogP) is 2.86. The lowest BCUT2D eigenvalue weighted by Crippen LogP contribution is -2.37. The van der Waals surface area contributed by atoms with Crippen LogP contribution in [0.15, 0.2) is 0 Å². The van der Waals surface area contributed by atoms with Gasteiger partial charge in [-0.25, -0.2) is 0 Å². The van der Waals surface area contributed by atoms with Crippen LogP contribution >= 0.6 is 11.6 Å². The summed E-state index contributed by atoms with van der Waals surface area (Å²) in [5.74, 6) is 1.62. The van der Waals surface area contributed by atoms with Crippen LogP contribution in [0, 0.1) is 18.8 Å². The molecule has 96 valence electrons. The molecule has 0 N–H and O–H groups in total. The first-order chi connectivity index (χ1) is 7.99. The lowest BCUT2D eigenvalue weighted by atomic mass is 9.88. The molecule has 1 aromatic heterocycles. The Balaban J connectivity index is 2.06. The highest BCUT2D eigenvalue weighted by Crippen LogP contribution is 2.26. The van der Waals surface area contributed by atoms with Crippen molar-refractivity contribution in [1.29, 1.82) is 0 Å². The number of rotatable bonds is 2. The number of piperidine rings is 1. The van der Waals surface area contributed by atoms with E-state index in [2.05, 4.69) is 23.8 Å². The summed E-state index contributed by atoms with van der Waals surface area (Å²) in [6.45, 7) is 10.0. The van der Waals surface area contributed by atoms with Gasteiger partial charge >= 0.3 is 0 Å². The van der Waals surface area contributed by atoms with Crippen LogP contribution in [0.25, 0.3) is 0 Å². The quantitative estimate of drug-likeness (QED) is 0.810. The summed E-state index contributed by atoms with van der Waals surface area (Å²) in [4.78, 5) is 2.50. The van der Waals surface area contributed by atoms with Crippen molar-refractivity contribution < 1.29 is 0 Å². The fraction of sp³-hybridized carbons (Fsp3) is 0.769. The second-order valence-electron chi connectivity index (χ2n) is 5.46. The summed E-state index contributed by atoms with van der Waals surface area (Å²) in [5, 5.41) is 5.15. The van der Waals surface area contributed by atoms with Crippen molar-refractivity contribution >= 4 is 11.6 Å². The average molecular weight is 256 g/mol. The van der Waals surface area contributed by atoms with Gasteiger partial charge < -0.3 is 0 Å². The van der Waals surface area contributed by atoms with Gasteiger partial charge in [0.25, 0.3) is 0 Å². The van der Waals surface area contributed by atoms with Gasteiger partial charge in [-0.05, 0) is 31.7 Å². The van der Waals surface area contributed by atoms with Gasteiger partial charge in [0.15, 0.2) is 0 Å². The number of hydrogen-bond donors (Lipinski definition) is 0. The van der Waals surface area contributed by atoms with Gasteiger partial charge in [-0.15, -0.1) is 0 Å². The van der Waals surface area contributed by atoms with Crippen molar-refractivity contribution in [3.63, 3.8) is 0 Å². The summed E-state index contributed by atoms with van der Waals surface area (Å²) >= 11 is 6.27. The number of hydrogen-bond acceptors (Lipinski definition) is 2. The fourth-order valence-electron chi connectivity index (χ4n) is 2.57. The Labute approximate surface area is 109 Å². The molecular weight excluding hydrogens is 234 g/mol. The summed E-state index contributed by atoms with van der Waals surface area (Å²) in [6, 6.07) is 0. The zero-order valence-electron chi connectivity index (χ0n) is 11.2. The fourth-order valence-corrected chi connectivity index (χ4v) is 2.80. The monoisotopic (exact) mass is 255 g/mol. The molecule has 4 heteroatoms. The molecule has 1 fully saturated rings. The minimum absolute atomic E-state index is 0.777. The molecule has 1 aromatic rings. The van der Waals surface area contributed by atoms with Gasteiger partial charge in [-0.1, -0.05) is 25.4 Å². The van der Waals surface area contributed by atoms with E-state index >= 15 is 0 Å². The number of nitrogens with zero attached hydrogens (tertiary/aromatic N) is 3. The maximum Gasteiger partial charge on any atom is 0.131 e. The van der Waals surface area contributed by atoms with E-state index in [9.17, 15) is 0 Å². The highest BCUT2D eigenvalue weighted by atomic mass is 35.5. The van der Waals surface area contributed by atoms with E-state index < -0.39 is 0 Å². The molecule has 0 bridgehead atoms. The molecule has 0 saturated carbocycles. The number of halogens is 1. The molecule has 3 nitrogen and oxygen atoms in total. The molecule has 1 aliphatic heterocycles. The second-order valence-corrected chi connectivity index (χ2v) is 5.81. The highest BCUT2D eigenvalue weighted by molar-refractivity contribution is 6.30. The van der Waals surface area contributed by atoms with Crippen molar-refractivity contribution in [2.75, 3.05) is 13.1 Å². The smallest absolute Gasteiger partial charge is 0.131 e. The van der Waals surface area contributed by atoms with Gasteiger partial charge in [0.1, 0.15) is 5.15 Å². The Hall–Kier alpha value is -0.540. The van der Waals surface area contributed by atoms with Gasteiger partial charge in [0.05, 0.1) is 5.69 Å². The van der Waals surface area contributed by atoms with Crippen molar-refractivity contribution in [3.05, 3.63) is 16.4 Å². The lowest BCUT2D eigenvalue weighted by Gasteiger charge is -2.35. The molecule has 0 aliphatic carbocycles. The van der Waals surface area contributed by atoms with Crippen molar-refractivity contribution in [2.45, 2.75) is 33.7 Å². The van der Waals surface area contributed by atoms with E-state index in [4.69, 9.17) is 11.6 Å². The summed E-state index contributed by atoms with van der Waals surface area (Å²) < 4.78 is 1.77. The van der Waals surface area contributed by atoms with E-state index in [0.29, 0.717) is 0 Å². The number of likely N-dealkylation sites (tertiary alicyclic amines) is 1. The normalized spacial score (nSPS) is 26.4. The first-order valence-electron chi connectivity index (χ1n) is 6.39. The first-order valence-corrected chi connectivity index (χ1v) is 6.77. The molecule has 2 heterocycles.